The molecule has 1 N–H and O–H groups in total. The number of nitrogens with zero attached hydrogens (tertiary/aromatic N) is 3. The quantitative estimate of drug-likeness (QED) is 0.556. The minimum Gasteiger partial charge on any atom is -0.391 e. The van der Waals surface area contributed by atoms with Crippen LogP contribution in [0.2, 0.25) is 0 Å². The Kier molecular flexibility index (Phi) is 6.02. The number of aliphatic hydroxyl groups excluding tert-OH is 1. The van der Waals surface area contributed by atoms with Gasteiger partial charge in [-0.3, -0.25) is 4.79 Å². The molecular weight excluding hydrogens is 398 g/mol. The van der Waals surface area contributed by atoms with Crippen LogP contribution in [0, 0.1) is 0 Å². The number of pyridine rings is 1. The number of aliphatic imine (C=N–C) groups is 1. The molecule has 0 radical (unpaired) electrons. The van der Waals surface area contributed by atoms with Crippen LogP contribution in [0.3, 0.4) is 0 Å². The van der Waals surface area contributed by atoms with Gasteiger partial charge in [0.15, 0.2) is 0 Å². The summed E-state index contributed by atoms with van der Waals surface area (Å²) in [6.45, 7) is 6.39. The highest BCUT2D eigenvalue weighted by Gasteiger charge is 2.39. The van der Waals surface area contributed by atoms with Gasteiger partial charge < -0.3 is 10.0 Å². The molecule has 1 saturated carbocycles. The van der Waals surface area contributed by atoms with Crippen molar-refractivity contribution >= 4 is 34.5 Å². The monoisotopic (exact) mass is 423 g/mol. The van der Waals surface area contributed by atoms with Crippen LogP contribution in [0.5, 0.6) is 0 Å². The summed E-state index contributed by atoms with van der Waals surface area (Å²) < 4.78 is 0. The van der Waals surface area contributed by atoms with Crippen LogP contribution in [0.1, 0.15) is 54.4 Å². The molecule has 1 aromatic heterocycles. The van der Waals surface area contributed by atoms with Crippen molar-refractivity contribution in [2.24, 2.45) is 4.99 Å². The average molecular weight is 424 g/mol. The van der Waals surface area contributed by atoms with Gasteiger partial charge in [-0.15, -0.1) is 0 Å². The van der Waals surface area contributed by atoms with E-state index in [1.165, 1.54) is 0 Å². The molecule has 2 aromatic rings. The molecule has 0 bridgehead atoms. The first kappa shape index (κ1) is 20.8. The maximum absolute atomic E-state index is 13.3. The molecule has 156 valence electrons. The average Bonchev–Trinajstić information content (AvgIpc) is 3.09. The molecule has 0 spiro atoms. The van der Waals surface area contributed by atoms with E-state index in [1.807, 2.05) is 36.1 Å². The number of hydrogen-bond acceptors (Lipinski definition) is 4. The fraction of sp³-hybridized carbons (Fsp3) is 0.375. The van der Waals surface area contributed by atoms with Crippen LogP contribution in [-0.4, -0.2) is 39.3 Å². The first-order chi connectivity index (χ1) is 14.5. The molecule has 6 heteroatoms. The van der Waals surface area contributed by atoms with Gasteiger partial charge in [-0.25, -0.2) is 9.98 Å². The van der Waals surface area contributed by atoms with E-state index in [9.17, 15) is 9.90 Å². The van der Waals surface area contributed by atoms with Crippen molar-refractivity contribution in [3.63, 3.8) is 0 Å². The number of hydrogen-bond donors (Lipinski definition) is 1. The molecule has 1 amide bonds. The lowest BCUT2D eigenvalue weighted by atomic mass is 9.91. The van der Waals surface area contributed by atoms with Crippen LogP contribution < -0.4 is 0 Å². The smallest absolute Gasteiger partial charge is 0.273 e. The number of aliphatic hydroxyl groups is 1. The van der Waals surface area contributed by atoms with Crippen molar-refractivity contribution in [3.8, 4) is 0 Å². The normalized spacial score (nSPS) is 22.2. The third-order valence-corrected chi connectivity index (χ3v) is 6.30. The van der Waals surface area contributed by atoms with Crippen molar-refractivity contribution in [1.29, 1.82) is 0 Å². The number of carbonyl (C=O) groups is 1. The number of benzene rings is 1. The van der Waals surface area contributed by atoms with Crippen LogP contribution in [0.15, 0.2) is 52.6 Å². The molecule has 1 aromatic carbocycles. The number of amides is 1. The molecule has 2 aliphatic rings. The Bertz CT molecular complexity index is 1060. The van der Waals surface area contributed by atoms with E-state index in [-0.39, 0.29) is 11.9 Å². The zero-order valence-corrected chi connectivity index (χ0v) is 17.9. The second-order valence-corrected chi connectivity index (χ2v) is 8.38. The van der Waals surface area contributed by atoms with E-state index < -0.39 is 6.10 Å². The molecule has 30 heavy (non-hydrogen) atoms. The summed E-state index contributed by atoms with van der Waals surface area (Å²) in [5.41, 5.74) is 3.01. The summed E-state index contributed by atoms with van der Waals surface area (Å²) in [5.74, 6) is -0.0841. The Labute approximate surface area is 181 Å². The van der Waals surface area contributed by atoms with E-state index in [0.29, 0.717) is 23.8 Å². The standard InChI is InChI=1S/C24H26ClN3O2/c1-3-22(25)26-13-15(2)12-19-17-9-5-4-8-16(17)18-14-28(24(30)23(18)27-19)20-10-6-7-11-21(20)29/h3-5,8-9,13,20-21,29H,2,6-7,10-12,14H2,1H3. The predicted molar refractivity (Wildman–Crippen MR) is 121 cm³/mol. The molecule has 1 aliphatic carbocycles. The maximum atomic E-state index is 13.3. The van der Waals surface area contributed by atoms with Crippen molar-refractivity contribution in [2.45, 2.75) is 57.7 Å². The first-order valence-electron chi connectivity index (χ1n) is 10.4. The van der Waals surface area contributed by atoms with Gasteiger partial charge in [-0.2, -0.15) is 0 Å². The van der Waals surface area contributed by atoms with Gasteiger partial charge in [0.25, 0.3) is 5.91 Å². The highest BCUT2D eigenvalue weighted by molar-refractivity contribution is 6.29. The highest BCUT2D eigenvalue weighted by atomic mass is 35.5. The molecule has 2 heterocycles. The fourth-order valence-electron chi connectivity index (χ4n) is 4.45. The van der Waals surface area contributed by atoms with Gasteiger partial charge in [0, 0.05) is 30.1 Å². The lowest BCUT2D eigenvalue weighted by Crippen LogP contribution is -2.45. The number of allylic oxidation sites excluding steroid dienone is 2. The molecule has 1 aliphatic heterocycles. The second kappa shape index (κ2) is 8.70. The second-order valence-electron chi connectivity index (χ2n) is 7.99. The van der Waals surface area contributed by atoms with Gasteiger partial charge in [0.1, 0.15) is 10.9 Å². The predicted octanol–water partition coefficient (Wildman–Crippen LogP) is 4.76. The van der Waals surface area contributed by atoms with Gasteiger partial charge >= 0.3 is 0 Å². The van der Waals surface area contributed by atoms with Gasteiger partial charge in [-0.05, 0) is 30.7 Å². The summed E-state index contributed by atoms with van der Waals surface area (Å²) in [6, 6.07) is 7.90. The Morgan fingerprint density at radius 2 is 2.07 bits per heavy atom. The van der Waals surface area contributed by atoms with E-state index in [2.05, 4.69) is 11.6 Å². The van der Waals surface area contributed by atoms with E-state index in [0.717, 1.165) is 53.3 Å². The summed E-state index contributed by atoms with van der Waals surface area (Å²) >= 11 is 5.94. The third-order valence-electron chi connectivity index (χ3n) is 5.99. The first-order valence-corrected chi connectivity index (χ1v) is 10.8. The molecule has 2 unspecified atom stereocenters. The SMILES string of the molecule is C=C(C=NC(Cl)=CC)Cc1nc2c(c3ccccc13)CN(C1CCCCC1O)C2=O. The zero-order chi connectivity index (χ0) is 21.3. The summed E-state index contributed by atoms with van der Waals surface area (Å²) in [4.78, 5) is 24.0. The minimum atomic E-state index is -0.463. The van der Waals surface area contributed by atoms with Crippen molar-refractivity contribution in [1.82, 2.24) is 9.88 Å². The van der Waals surface area contributed by atoms with Crippen LogP contribution in [0.4, 0.5) is 0 Å². The maximum Gasteiger partial charge on any atom is 0.273 e. The fourth-order valence-corrected chi connectivity index (χ4v) is 4.50. The number of fused-ring (bicyclic) bond motifs is 3. The zero-order valence-electron chi connectivity index (χ0n) is 17.1. The largest absolute Gasteiger partial charge is 0.391 e. The Morgan fingerprint density at radius 1 is 1.33 bits per heavy atom. The molecule has 4 rings (SSSR count). The molecule has 5 nitrogen and oxygen atoms in total. The number of aromatic nitrogens is 1. The lowest BCUT2D eigenvalue weighted by Gasteiger charge is -2.34. The number of carbonyl (C=O) groups excluding carboxylic acids is 1. The Balaban J connectivity index is 1.69. The molecular formula is C24H26ClN3O2. The Hall–Kier alpha value is -2.50. The Morgan fingerprint density at radius 3 is 2.80 bits per heavy atom. The van der Waals surface area contributed by atoms with Crippen LogP contribution >= 0.6 is 11.6 Å². The summed E-state index contributed by atoms with van der Waals surface area (Å²) in [7, 11) is 0. The highest BCUT2D eigenvalue weighted by Crippen LogP contribution is 2.35. The number of rotatable bonds is 5. The van der Waals surface area contributed by atoms with E-state index >= 15 is 0 Å². The molecule has 1 fully saturated rings. The van der Waals surface area contributed by atoms with Gasteiger partial charge in [0.2, 0.25) is 0 Å². The van der Waals surface area contributed by atoms with Crippen molar-refractivity contribution in [3.05, 3.63) is 64.6 Å². The summed E-state index contributed by atoms with van der Waals surface area (Å²) in [6.07, 6.45) is 7.00. The van der Waals surface area contributed by atoms with Crippen molar-refractivity contribution in [2.75, 3.05) is 0 Å². The van der Waals surface area contributed by atoms with Gasteiger partial charge in [0.05, 0.1) is 17.8 Å². The minimum absolute atomic E-state index is 0.0841. The molecule has 2 atom stereocenters. The number of halogens is 1. The lowest BCUT2D eigenvalue weighted by molar-refractivity contribution is 0.0190. The van der Waals surface area contributed by atoms with Crippen molar-refractivity contribution < 1.29 is 9.90 Å². The van der Waals surface area contributed by atoms with E-state index in [4.69, 9.17) is 16.6 Å². The topological polar surface area (TPSA) is 65.8 Å². The van der Waals surface area contributed by atoms with E-state index in [1.54, 1.807) is 12.3 Å². The van der Waals surface area contributed by atoms with Gasteiger partial charge in [-0.1, -0.05) is 61.4 Å². The molecule has 0 saturated heterocycles. The van der Waals surface area contributed by atoms with Crippen LogP contribution in [0.25, 0.3) is 10.8 Å². The van der Waals surface area contributed by atoms with Crippen LogP contribution in [-0.2, 0) is 13.0 Å². The third kappa shape index (κ3) is 3.92. The summed E-state index contributed by atoms with van der Waals surface area (Å²) in [5, 5.41) is 12.9.